The molecule has 1 aliphatic carbocycles. The van der Waals surface area contributed by atoms with Crippen LogP contribution in [0.15, 0.2) is 0 Å². The second-order valence-corrected chi connectivity index (χ2v) is 8.32. The number of carbonyl (C=O) groups excluding carboxylic acids is 1. The zero-order chi connectivity index (χ0) is 15.4. The molecule has 112 valence electrons. The summed E-state index contributed by atoms with van der Waals surface area (Å²) >= 11 is 1.55. The Morgan fingerprint density at radius 2 is 2.05 bits per heavy atom. The van der Waals surface area contributed by atoms with E-state index in [1.54, 1.807) is 11.3 Å². The van der Waals surface area contributed by atoms with Crippen LogP contribution in [0.5, 0.6) is 0 Å². The number of thiophene rings is 1. The van der Waals surface area contributed by atoms with E-state index in [4.69, 9.17) is 0 Å². The van der Waals surface area contributed by atoms with Gasteiger partial charge in [-0.2, -0.15) is 5.26 Å². The van der Waals surface area contributed by atoms with Crippen LogP contribution in [0.4, 0.5) is 5.00 Å². The highest BCUT2D eigenvalue weighted by Crippen LogP contribution is 2.45. The minimum atomic E-state index is -0.185. The number of nitrogens with one attached hydrogen (secondary N) is 2. The molecule has 2 N–H and O–H groups in total. The van der Waals surface area contributed by atoms with E-state index in [1.807, 2.05) is 0 Å². The average molecular weight is 303 g/mol. The first-order valence-electron chi connectivity index (χ1n) is 7.40. The zero-order valence-electron chi connectivity index (χ0n) is 13.0. The summed E-state index contributed by atoms with van der Waals surface area (Å²) in [4.78, 5) is 13.2. The van der Waals surface area contributed by atoms with Gasteiger partial charge in [0.2, 0.25) is 5.91 Å². The fourth-order valence-corrected chi connectivity index (χ4v) is 4.52. The van der Waals surface area contributed by atoms with Crippen LogP contribution in [0.25, 0.3) is 0 Å². The van der Waals surface area contributed by atoms with Crippen LogP contribution >= 0.6 is 11.3 Å². The quantitative estimate of drug-likeness (QED) is 0.882. The average Bonchev–Trinajstić information content (AvgIpc) is 3.11. The van der Waals surface area contributed by atoms with Crippen LogP contribution in [0.2, 0.25) is 0 Å². The smallest absolute Gasteiger partial charge is 0.228 e. The van der Waals surface area contributed by atoms with Crippen molar-refractivity contribution < 1.29 is 4.79 Å². The van der Waals surface area contributed by atoms with Crippen molar-refractivity contribution in [2.45, 2.75) is 58.0 Å². The third-order valence-electron chi connectivity index (χ3n) is 4.14. The van der Waals surface area contributed by atoms with E-state index in [9.17, 15) is 10.1 Å². The Morgan fingerprint density at radius 3 is 2.62 bits per heavy atom. The molecule has 0 spiro atoms. The third-order valence-corrected chi connectivity index (χ3v) is 5.61. The van der Waals surface area contributed by atoms with Crippen molar-refractivity contribution >= 4 is 22.2 Å². The van der Waals surface area contributed by atoms with Gasteiger partial charge in [0.05, 0.1) is 5.56 Å². The van der Waals surface area contributed by atoms with Crippen molar-refractivity contribution in [2.75, 3.05) is 5.32 Å². The maximum atomic E-state index is 12.0. The molecule has 0 aromatic carbocycles. The van der Waals surface area contributed by atoms with E-state index in [0.717, 1.165) is 29.8 Å². The molecule has 3 rings (SSSR count). The van der Waals surface area contributed by atoms with Crippen molar-refractivity contribution in [1.29, 1.82) is 5.26 Å². The van der Waals surface area contributed by atoms with Crippen LogP contribution < -0.4 is 10.6 Å². The van der Waals surface area contributed by atoms with Crippen LogP contribution in [-0.4, -0.2) is 11.4 Å². The second-order valence-electron chi connectivity index (χ2n) is 7.30. The number of hydrogen-bond acceptors (Lipinski definition) is 4. The Kier molecular flexibility index (Phi) is 3.16. The molecular formula is C16H21N3OS. The number of rotatable bonds is 2. The molecule has 0 saturated heterocycles. The summed E-state index contributed by atoms with van der Waals surface area (Å²) in [5.41, 5.74) is 1.52. The zero-order valence-corrected chi connectivity index (χ0v) is 13.8. The van der Waals surface area contributed by atoms with Gasteiger partial charge >= 0.3 is 0 Å². The molecule has 1 fully saturated rings. The largest absolute Gasteiger partial charge is 0.316 e. The highest BCUT2D eigenvalue weighted by atomic mass is 32.1. The Hall–Kier alpha value is -1.38. The number of anilines is 1. The highest BCUT2D eigenvalue weighted by molar-refractivity contribution is 7.17. The van der Waals surface area contributed by atoms with E-state index in [2.05, 4.69) is 44.4 Å². The van der Waals surface area contributed by atoms with Crippen molar-refractivity contribution in [3.8, 4) is 6.07 Å². The lowest BCUT2D eigenvalue weighted by molar-refractivity contribution is -0.117. The summed E-state index contributed by atoms with van der Waals surface area (Å²) in [6, 6.07) is 2.31. The first-order chi connectivity index (χ1) is 9.73. The van der Waals surface area contributed by atoms with Crippen LogP contribution in [-0.2, 0) is 16.8 Å². The Bertz CT molecular complexity index is 647. The number of amides is 1. The second kappa shape index (κ2) is 4.56. The van der Waals surface area contributed by atoms with Gasteiger partial charge in [-0.05, 0) is 52.5 Å². The molecule has 2 heterocycles. The molecule has 0 unspecified atom stereocenters. The van der Waals surface area contributed by atoms with E-state index in [-0.39, 0.29) is 22.9 Å². The molecule has 0 atom stereocenters. The molecule has 1 saturated carbocycles. The molecule has 5 heteroatoms. The number of nitrogens with zero attached hydrogens (tertiary/aromatic N) is 1. The molecule has 1 amide bonds. The first kappa shape index (κ1) is 14.6. The number of nitriles is 1. The van der Waals surface area contributed by atoms with Gasteiger partial charge in [-0.15, -0.1) is 11.3 Å². The Balaban J connectivity index is 2.03. The Morgan fingerprint density at radius 1 is 1.38 bits per heavy atom. The van der Waals surface area contributed by atoms with Crippen LogP contribution in [0.1, 0.15) is 56.5 Å². The predicted molar refractivity (Wildman–Crippen MR) is 84.3 cm³/mol. The van der Waals surface area contributed by atoms with Crippen molar-refractivity contribution in [3.63, 3.8) is 0 Å². The standard InChI is InChI=1S/C16H21N3OS/c1-15(2)7-10-11(8-17)14(18-13(20)9-5-6-9)21-12(10)16(3,4)19-15/h9,19H,5-7H2,1-4H3,(H,18,20). The molecule has 2 aliphatic rings. The summed E-state index contributed by atoms with van der Waals surface area (Å²) in [5.74, 6) is 0.216. The minimum Gasteiger partial charge on any atom is -0.316 e. The SMILES string of the molecule is CC1(C)Cc2c(sc(NC(=O)C3CC3)c2C#N)C(C)(C)N1. The fraction of sp³-hybridized carbons (Fsp3) is 0.625. The lowest BCUT2D eigenvalue weighted by Crippen LogP contribution is -2.54. The van der Waals surface area contributed by atoms with Gasteiger partial charge in [0.25, 0.3) is 0 Å². The van der Waals surface area contributed by atoms with Gasteiger partial charge in [0, 0.05) is 21.9 Å². The van der Waals surface area contributed by atoms with E-state index >= 15 is 0 Å². The summed E-state index contributed by atoms with van der Waals surface area (Å²) in [5, 5.41) is 16.9. The van der Waals surface area contributed by atoms with E-state index < -0.39 is 0 Å². The van der Waals surface area contributed by atoms with Crippen molar-refractivity contribution in [2.24, 2.45) is 5.92 Å². The molecule has 1 aliphatic heterocycles. The van der Waals surface area contributed by atoms with Crippen LogP contribution in [0.3, 0.4) is 0 Å². The van der Waals surface area contributed by atoms with E-state index in [1.165, 1.54) is 4.88 Å². The summed E-state index contributed by atoms with van der Waals surface area (Å²) in [7, 11) is 0. The van der Waals surface area contributed by atoms with Crippen LogP contribution in [0, 0.1) is 17.2 Å². The van der Waals surface area contributed by atoms with Gasteiger partial charge in [0.15, 0.2) is 0 Å². The van der Waals surface area contributed by atoms with Crippen molar-refractivity contribution in [3.05, 3.63) is 16.0 Å². The molecule has 1 aromatic heterocycles. The number of fused-ring (bicyclic) bond motifs is 1. The topological polar surface area (TPSA) is 64.9 Å². The third kappa shape index (κ3) is 2.58. The fourth-order valence-electron chi connectivity index (χ4n) is 3.29. The molecular weight excluding hydrogens is 282 g/mol. The maximum absolute atomic E-state index is 12.0. The Labute approximate surface area is 129 Å². The van der Waals surface area contributed by atoms with Gasteiger partial charge in [0.1, 0.15) is 11.1 Å². The summed E-state index contributed by atoms with van der Waals surface area (Å²) in [6.45, 7) is 8.58. The predicted octanol–water partition coefficient (Wildman–Crippen LogP) is 3.13. The summed E-state index contributed by atoms with van der Waals surface area (Å²) in [6.07, 6.45) is 2.75. The lowest BCUT2D eigenvalue weighted by atomic mass is 9.81. The molecule has 4 nitrogen and oxygen atoms in total. The molecule has 0 bridgehead atoms. The van der Waals surface area contributed by atoms with Gasteiger partial charge < -0.3 is 10.6 Å². The molecule has 21 heavy (non-hydrogen) atoms. The number of carbonyl (C=O) groups is 1. The van der Waals surface area contributed by atoms with Gasteiger partial charge in [-0.3, -0.25) is 4.79 Å². The van der Waals surface area contributed by atoms with Gasteiger partial charge in [-0.1, -0.05) is 0 Å². The number of hydrogen-bond donors (Lipinski definition) is 2. The molecule has 0 radical (unpaired) electrons. The normalized spacial score (nSPS) is 22.2. The van der Waals surface area contributed by atoms with Crippen molar-refractivity contribution in [1.82, 2.24) is 5.32 Å². The molecule has 1 aromatic rings. The van der Waals surface area contributed by atoms with Gasteiger partial charge in [-0.25, -0.2) is 0 Å². The highest BCUT2D eigenvalue weighted by Gasteiger charge is 2.41. The maximum Gasteiger partial charge on any atom is 0.228 e. The monoisotopic (exact) mass is 303 g/mol. The lowest BCUT2D eigenvalue weighted by Gasteiger charge is -2.42. The summed E-state index contributed by atoms with van der Waals surface area (Å²) < 4.78 is 0. The van der Waals surface area contributed by atoms with E-state index in [0.29, 0.717) is 5.56 Å². The minimum absolute atomic E-state index is 0.0546. The first-order valence-corrected chi connectivity index (χ1v) is 8.21.